The fourth-order valence-corrected chi connectivity index (χ4v) is 3.34. The van der Waals surface area contributed by atoms with Crippen LogP contribution >= 0.6 is 0 Å². The minimum atomic E-state index is -0.404. The Morgan fingerprint density at radius 1 is 0.969 bits per heavy atom. The minimum Gasteiger partial charge on any atom is -0.469 e. The molecule has 1 aromatic heterocycles. The number of Topliss-reactive ketones (excluding diaryl/α,β-unsaturated/α-hetero) is 1. The van der Waals surface area contributed by atoms with Crippen molar-refractivity contribution in [1.29, 1.82) is 0 Å². The van der Waals surface area contributed by atoms with Gasteiger partial charge in [0.05, 0.1) is 19.2 Å². The van der Waals surface area contributed by atoms with Crippen molar-refractivity contribution in [2.75, 3.05) is 7.11 Å². The molecule has 0 amide bonds. The lowest BCUT2D eigenvalue weighted by atomic mass is 9.89. The van der Waals surface area contributed by atoms with Gasteiger partial charge < -0.3 is 9.47 Å². The summed E-state index contributed by atoms with van der Waals surface area (Å²) in [5.41, 5.74) is 3.08. The number of carbonyl (C=O) groups is 2. The third kappa shape index (κ3) is 5.19. The fourth-order valence-electron chi connectivity index (χ4n) is 3.34. The average molecular weight is 437 g/mol. The number of esters is 1. The molecular formula is C24H28N4O4. The highest BCUT2D eigenvalue weighted by atomic mass is 16.5. The molecule has 0 saturated heterocycles. The number of carbonyl (C=O) groups excluding carboxylic acids is 2. The SMILES string of the molecule is COC(=O)CCC(=O)c1cc(C(C)C)c(Oc2nnnn2-c2ccccc2)c(C(C)C)c1. The number of nitrogens with zero attached hydrogens (tertiary/aromatic N) is 4. The zero-order chi connectivity index (χ0) is 23.3. The summed E-state index contributed by atoms with van der Waals surface area (Å²) in [7, 11) is 1.32. The number of para-hydroxylation sites is 1. The second-order valence-electron chi connectivity index (χ2n) is 8.10. The Kier molecular flexibility index (Phi) is 7.35. The molecule has 8 heteroatoms. The highest BCUT2D eigenvalue weighted by Gasteiger charge is 2.23. The molecule has 0 aliphatic heterocycles. The van der Waals surface area contributed by atoms with Gasteiger partial charge in [-0.15, -0.1) is 0 Å². The van der Waals surface area contributed by atoms with Crippen molar-refractivity contribution in [3.8, 4) is 17.4 Å². The van der Waals surface area contributed by atoms with Crippen molar-refractivity contribution >= 4 is 11.8 Å². The van der Waals surface area contributed by atoms with Crippen LogP contribution in [0.2, 0.25) is 0 Å². The van der Waals surface area contributed by atoms with Crippen LogP contribution in [0.4, 0.5) is 0 Å². The summed E-state index contributed by atoms with van der Waals surface area (Å²) < 4.78 is 12.5. The van der Waals surface area contributed by atoms with E-state index < -0.39 is 5.97 Å². The van der Waals surface area contributed by atoms with Gasteiger partial charge in [0.1, 0.15) is 5.75 Å². The first kappa shape index (κ1) is 23.1. The number of hydrogen-bond acceptors (Lipinski definition) is 7. The topological polar surface area (TPSA) is 96.2 Å². The van der Waals surface area contributed by atoms with E-state index in [0.717, 1.165) is 16.8 Å². The first-order valence-electron chi connectivity index (χ1n) is 10.6. The second-order valence-corrected chi connectivity index (χ2v) is 8.10. The van der Waals surface area contributed by atoms with Crippen molar-refractivity contribution in [1.82, 2.24) is 20.2 Å². The van der Waals surface area contributed by atoms with Gasteiger partial charge in [0, 0.05) is 12.0 Å². The Labute approximate surface area is 187 Å². The molecule has 0 saturated carbocycles. The van der Waals surface area contributed by atoms with Crippen molar-refractivity contribution in [3.63, 3.8) is 0 Å². The predicted octanol–water partition coefficient (Wildman–Crippen LogP) is 4.84. The van der Waals surface area contributed by atoms with Crippen LogP contribution in [0, 0.1) is 0 Å². The van der Waals surface area contributed by atoms with E-state index in [4.69, 9.17) is 4.74 Å². The van der Waals surface area contributed by atoms with E-state index >= 15 is 0 Å². The molecular weight excluding hydrogens is 408 g/mol. The van der Waals surface area contributed by atoms with Crippen LogP contribution in [-0.4, -0.2) is 39.1 Å². The molecule has 0 aliphatic rings. The molecule has 0 fully saturated rings. The van der Waals surface area contributed by atoms with E-state index in [2.05, 4.69) is 20.3 Å². The van der Waals surface area contributed by atoms with Crippen LogP contribution in [0.25, 0.3) is 5.69 Å². The number of tetrazole rings is 1. The summed E-state index contributed by atoms with van der Waals surface area (Å²) >= 11 is 0. The van der Waals surface area contributed by atoms with Gasteiger partial charge in [0.2, 0.25) is 0 Å². The zero-order valence-electron chi connectivity index (χ0n) is 19.0. The van der Waals surface area contributed by atoms with Gasteiger partial charge in [0.25, 0.3) is 0 Å². The molecule has 0 atom stereocenters. The summed E-state index contributed by atoms with van der Waals surface area (Å²) in [6.07, 6.45) is 0.141. The van der Waals surface area contributed by atoms with Crippen LogP contribution in [0.15, 0.2) is 42.5 Å². The molecule has 0 radical (unpaired) electrons. The number of rotatable bonds is 9. The molecule has 3 aromatic rings. The largest absolute Gasteiger partial charge is 0.469 e. The van der Waals surface area contributed by atoms with Gasteiger partial charge in [-0.3, -0.25) is 9.59 Å². The first-order valence-corrected chi connectivity index (χ1v) is 10.6. The molecule has 1 heterocycles. The summed E-state index contributed by atoms with van der Waals surface area (Å²) in [6.45, 7) is 8.15. The lowest BCUT2D eigenvalue weighted by molar-refractivity contribution is -0.140. The number of methoxy groups -OCH3 is 1. The lowest BCUT2D eigenvalue weighted by Crippen LogP contribution is -2.10. The number of ether oxygens (including phenoxy) is 2. The summed E-state index contributed by atoms with van der Waals surface area (Å²) in [4.78, 5) is 24.3. The van der Waals surface area contributed by atoms with Gasteiger partial charge >= 0.3 is 12.0 Å². The normalized spacial score (nSPS) is 11.1. The Balaban J connectivity index is 2.02. The minimum absolute atomic E-state index is 0.0491. The maximum Gasteiger partial charge on any atom is 0.345 e. The molecule has 0 aliphatic carbocycles. The maximum absolute atomic E-state index is 12.8. The monoisotopic (exact) mass is 436 g/mol. The highest BCUT2D eigenvalue weighted by Crippen LogP contribution is 2.38. The van der Waals surface area contributed by atoms with Gasteiger partial charge in [-0.2, -0.15) is 4.68 Å². The fraction of sp³-hybridized carbons (Fsp3) is 0.375. The Hall–Kier alpha value is -3.55. The van der Waals surface area contributed by atoms with E-state index in [0.29, 0.717) is 11.3 Å². The Bertz CT molecular complexity index is 1060. The zero-order valence-corrected chi connectivity index (χ0v) is 19.0. The predicted molar refractivity (Wildman–Crippen MR) is 119 cm³/mol. The quantitative estimate of drug-likeness (QED) is 0.350. The van der Waals surface area contributed by atoms with Crippen molar-refractivity contribution in [2.24, 2.45) is 0 Å². The third-order valence-corrected chi connectivity index (χ3v) is 5.13. The van der Waals surface area contributed by atoms with Crippen molar-refractivity contribution in [3.05, 3.63) is 59.2 Å². The lowest BCUT2D eigenvalue weighted by Gasteiger charge is -2.20. The van der Waals surface area contributed by atoms with E-state index in [9.17, 15) is 9.59 Å². The van der Waals surface area contributed by atoms with Crippen LogP contribution in [-0.2, 0) is 9.53 Å². The summed E-state index contributed by atoms with van der Waals surface area (Å²) in [6, 6.07) is 13.4. The smallest absolute Gasteiger partial charge is 0.345 e. The van der Waals surface area contributed by atoms with Crippen LogP contribution in [0.5, 0.6) is 11.8 Å². The standard InChI is InChI=1S/C24H28N4O4/c1-15(2)19-13-17(21(29)11-12-22(30)31-5)14-20(16(3)4)23(19)32-24-25-26-27-28(24)18-9-7-6-8-10-18/h6-10,13-16H,11-12H2,1-5H3. The van der Waals surface area contributed by atoms with E-state index in [1.165, 1.54) is 11.8 Å². The van der Waals surface area contributed by atoms with Crippen LogP contribution in [0.3, 0.4) is 0 Å². The first-order chi connectivity index (χ1) is 15.3. The highest BCUT2D eigenvalue weighted by molar-refractivity contribution is 5.98. The number of ketones is 1. The number of hydrogen-bond donors (Lipinski definition) is 0. The van der Waals surface area contributed by atoms with Gasteiger partial charge in [-0.05, 0) is 57.7 Å². The van der Waals surface area contributed by atoms with Gasteiger partial charge in [-0.1, -0.05) is 51.0 Å². The number of aromatic nitrogens is 4. The van der Waals surface area contributed by atoms with Crippen LogP contribution < -0.4 is 4.74 Å². The molecule has 0 unspecified atom stereocenters. The summed E-state index contributed by atoms with van der Waals surface area (Å²) in [5.74, 6) is 0.291. The van der Waals surface area contributed by atoms with Crippen LogP contribution in [0.1, 0.15) is 73.9 Å². The maximum atomic E-state index is 12.8. The molecule has 8 nitrogen and oxygen atoms in total. The average Bonchev–Trinajstić information content (AvgIpc) is 3.25. The molecule has 0 N–H and O–H groups in total. The third-order valence-electron chi connectivity index (χ3n) is 5.13. The number of benzene rings is 2. The van der Waals surface area contributed by atoms with Gasteiger partial charge in [-0.25, -0.2) is 0 Å². The molecule has 2 aromatic carbocycles. The molecule has 0 spiro atoms. The van der Waals surface area contributed by atoms with E-state index in [1.807, 2.05) is 70.2 Å². The van der Waals surface area contributed by atoms with Gasteiger partial charge in [0.15, 0.2) is 5.78 Å². The van der Waals surface area contributed by atoms with Crippen molar-refractivity contribution in [2.45, 2.75) is 52.4 Å². The van der Waals surface area contributed by atoms with E-state index in [1.54, 1.807) is 0 Å². The summed E-state index contributed by atoms with van der Waals surface area (Å²) in [5, 5.41) is 11.9. The molecule has 32 heavy (non-hydrogen) atoms. The van der Waals surface area contributed by atoms with E-state index in [-0.39, 0.29) is 36.5 Å². The second kappa shape index (κ2) is 10.2. The Morgan fingerprint density at radius 3 is 2.16 bits per heavy atom. The molecule has 3 rings (SSSR count). The van der Waals surface area contributed by atoms with Crippen molar-refractivity contribution < 1.29 is 19.1 Å². The molecule has 0 bridgehead atoms. The molecule has 168 valence electrons. The Morgan fingerprint density at radius 2 is 1.59 bits per heavy atom.